The average Bonchev–Trinajstić information content (AvgIpc) is 3.10. The van der Waals surface area contributed by atoms with E-state index in [1.807, 2.05) is 30.3 Å². The van der Waals surface area contributed by atoms with Crippen LogP contribution in [-0.2, 0) is 9.53 Å². The number of benzene rings is 2. The monoisotopic (exact) mass is 345 g/mol. The largest absolute Gasteiger partial charge is 0.455 e. The van der Waals surface area contributed by atoms with Gasteiger partial charge >= 0.3 is 0 Å². The number of anilines is 1. The van der Waals surface area contributed by atoms with Gasteiger partial charge in [-0.1, -0.05) is 29.8 Å². The molecule has 4 nitrogen and oxygen atoms in total. The second-order valence-electron chi connectivity index (χ2n) is 5.78. The molecule has 0 spiro atoms. The van der Waals surface area contributed by atoms with Crippen molar-refractivity contribution in [3.8, 4) is 11.5 Å². The zero-order valence-electron chi connectivity index (χ0n) is 13.3. The van der Waals surface area contributed by atoms with Crippen LogP contribution in [-0.4, -0.2) is 18.6 Å². The van der Waals surface area contributed by atoms with E-state index < -0.39 is 0 Å². The highest BCUT2D eigenvalue weighted by atomic mass is 35.5. The van der Waals surface area contributed by atoms with Crippen LogP contribution < -0.4 is 10.1 Å². The van der Waals surface area contributed by atoms with Crippen molar-refractivity contribution in [3.63, 3.8) is 0 Å². The highest BCUT2D eigenvalue weighted by molar-refractivity contribution is 6.31. The fourth-order valence-electron chi connectivity index (χ4n) is 2.68. The van der Waals surface area contributed by atoms with Crippen molar-refractivity contribution in [2.45, 2.75) is 31.8 Å². The molecule has 0 saturated carbocycles. The summed E-state index contributed by atoms with van der Waals surface area (Å²) < 4.78 is 11.4. The van der Waals surface area contributed by atoms with E-state index >= 15 is 0 Å². The molecule has 1 aliphatic heterocycles. The number of halogens is 1. The van der Waals surface area contributed by atoms with Crippen LogP contribution in [0.4, 0.5) is 5.69 Å². The molecule has 0 bridgehead atoms. The topological polar surface area (TPSA) is 47.6 Å². The molecule has 0 radical (unpaired) electrons. The van der Waals surface area contributed by atoms with Gasteiger partial charge in [-0.2, -0.15) is 0 Å². The highest BCUT2D eigenvalue weighted by Crippen LogP contribution is 2.32. The van der Waals surface area contributed by atoms with Crippen molar-refractivity contribution < 1.29 is 14.3 Å². The maximum atomic E-state index is 12.2. The van der Waals surface area contributed by atoms with E-state index in [0.29, 0.717) is 28.6 Å². The molecule has 5 heteroatoms. The minimum absolute atomic E-state index is 0.0642. The Bertz CT molecular complexity index is 684. The summed E-state index contributed by atoms with van der Waals surface area (Å²) in [7, 11) is 0. The molecule has 3 rings (SSSR count). The zero-order valence-corrected chi connectivity index (χ0v) is 14.1. The Morgan fingerprint density at radius 1 is 1.25 bits per heavy atom. The Balaban J connectivity index is 1.64. The van der Waals surface area contributed by atoms with Crippen molar-refractivity contribution >= 4 is 23.2 Å². The summed E-state index contributed by atoms with van der Waals surface area (Å²) in [5.41, 5.74) is 0.573. The van der Waals surface area contributed by atoms with E-state index in [0.717, 1.165) is 25.9 Å². The molecule has 1 saturated heterocycles. The number of hydrogen-bond acceptors (Lipinski definition) is 3. The van der Waals surface area contributed by atoms with Gasteiger partial charge in [0, 0.05) is 18.1 Å². The number of hydrogen-bond donors (Lipinski definition) is 1. The molecule has 0 aliphatic carbocycles. The Hall–Kier alpha value is -2.04. The number of carbonyl (C=O) groups excluding carboxylic acids is 1. The van der Waals surface area contributed by atoms with Crippen molar-refractivity contribution in [2.24, 2.45) is 0 Å². The Morgan fingerprint density at radius 3 is 2.83 bits per heavy atom. The Labute approximate surface area is 146 Å². The summed E-state index contributed by atoms with van der Waals surface area (Å²) >= 11 is 6.06. The standard InChI is InChI=1S/C19H20ClNO3/c20-14-8-10-18(24-16-5-2-1-3-6-16)17(13-14)21-19(22)11-9-15-7-4-12-23-15/h1-3,5-6,8,10,13,15H,4,7,9,11-12H2,(H,21,22). The van der Waals surface area contributed by atoms with Gasteiger partial charge in [-0.05, 0) is 49.6 Å². The fraction of sp³-hybridized carbons (Fsp3) is 0.316. The molecule has 24 heavy (non-hydrogen) atoms. The first kappa shape index (κ1) is 16.8. The van der Waals surface area contributed by atoms with E-state index in [2.05, 4.69) is 5.32 Å². The lowest BCUT2D eigenvalue weighted by molar-refractivity contribution is -0.116. The summed E-state index contributed by atoms with van der Waals surface area (Å²) in [5.74, 6) is 1.21. The van der Waals surface area contributed by atoms with Crippen LogP contribution in [0.2, 0.25) is 5.02 Å². The number of ether oxygens (including phenoxy) is 2. The third-order valence-electron chi connectivity index (χ3n) is 3.90. The van der Waals surface area contributed by atoms with Crippen LogP contribution in [0.5, 0.6) is 11.5 Å². The molecule has 1 amide bonds. The van der Waals surface area contributed by atoms with E-state index in [1.54, 1.807) is 18.2 Å². The van der Waals surface area contributed by atoms with Crippen LogP contribution >= 0.6 is 11.6 Å². The predicted octanol–water partition coefficient (Wildman–Crippen LogP) is 5.03. The van der Waals surface area contributed by atoms with Crippen LogP contribution in [0.25, 0.3) is 0 Å². The van der Waals surface area contributed by atoms with Gasteiger partial charge in [0.05, 0.1) is 11.8 Å². The molecule has 1 unspecified atom stereocenters. The van der Waals surface area contributed by atoms with Gasteiger partial charge in [0.25, 0.3) is 0 Å². The van der Waals surface area contributed by atoms with Gasteiger partial charge < -0.3 is 14.8 Å². The van der Waals surface area contributed by atoms with Crippen molar-refractivity contribution in [1.29, 1.82) is 0 Å². The van der Waals surface area contributed by atoms with Crippen molar-refractivity contribution in [2.75, 3.05) is 11.9 Å². The summed E-state index contributed by atoms with van der Waals surface area (Å²) in [6, 6.07) is 14.6. The number of para-hydroxylation sites is 1. The first-order valence-electron chi connectivity index (χ1n) is 8.14. The highest BCUT2D eigenvalue weighted by Gasteiger charge is 2.17. The Morgan fingerprint density at radius 2 is 2.08 bits per heavy atom. The number of nitrogens with one attached hydrogen (secondary N) is 1. The van der Waals surface area contributed by atoms with Crippen LogP contribution in [0.15, 0.2) is 48.5 Å². The molecular weight excluding hydrogens is 326 g/mol. The zero-order chi connectivity index (χ0) is 16.8. The Kier molecular flexibility index (Phi) is 5.72. The number of carbonyl (C=O) groups is 1. The molecule has 1 heterocycles. The second-order valence-corrected chi connectivity index (χ2v) is 6.21. The first-order valence-corrected chi connectivity index (χ1v) is 8.52. The normalized spacial score (nSPS) is 16.8. The fourth-order valence-corrected chi connectivity index (χ4v) is 2.85. The van der Waals surface area contributed by atoms with Crippen LogP contribution in [0.1, 0.15) is 25.7 Å². The van der Waals surface area contributed by atoms with E-state index in [4.69, 9.17) is 21.1 Å². The van der Waals surface area contributed by atoms with Gasteiger partial charge in [0.15, 0.2) is 5.75 Å². The smallest absolute Gasteiger partial charge is 0.224 e. The molecule has 1 N–H and O–H groups in total. The van der Waals surface area contributed by atoms with Gasteiger partial charge in [-0.25, -0.2) is 0 Å². The molecule has 126 valence electrons. The van der Waals surface area contributed by atoms with Gasteiger partial charge in [-0.3, -0.25) is 4.79 Å². The lowest BCUT2D eigenvalue weighted by atomic mass is 10.1. The predicted molar refractivity (Wildman–Crippen MR) is 94.8 cm³/mol. The number of rotatable bonds is 6. The molecule has 1 aliphatic rings. The summed E-state index contributed by atoms with van der Waals surface area (Å²) in [6.07, 6.45) is 3.47. The third-order valence-corrected chi connectivity index (χ3v) is 4.14. The SMILES string of the molecule is O=C(CCC1CCCO1)Nc1cc(Cl)ccc1Oc1ccccc1. The lowest BCUT2D eigenvalue weighted by Gasteiger charge is -2.14. The second kappa shape index (κ2) is 8.18. The van der Waals surface area contributed by atoms with Gasteiger partial charge in [-0.15, -0.1) is 0 Å². The van der Waals surface area contributed by atoms with Crippen LogP contribution in [0, 0.1) is 0 Å². The lowest BCUT2D eigenvalue weighted by Crippen LogP contribution is -2.15. The van der Waals surface area contributed by atoms with Gasteiger partial charge in [0.2, 0.25) is 5.91 Å². The maximum Gasteiger partial charge on any atom is 0.224 e. The van der Waals surface area contributed by atoms with Gasteiger partial charge in [0.1, 0.15) is 5.75 Å². The van der Waals surface area contributed by atoms with Crippen molar-refractivity contribution in [3.05, 3.63) is 53.6 Å². The summed E-state index contributed by atoms with van der Waals surface area (Å²) in [5, 5.41) is 3.44. The van der Waals surface area contributed by atoms with E-state index in [1.165, 1.54) is 0 Å². The molecule has 2 aromatic rings. The van der Waals surface area contributed by atoms with E-state index in [9.17, 15) is 4.79 Å². The quantitative estimate of drug-likeness (QED) is 0.798. The molecule has 1 atom stereocenters. The van der Waals surface area contributed by atoms with Crippen molar-refractivity contribution in [1.82, 2.24) is 0 Å². The summed E-state index contributed by atoms with van der Waals surface area (Å²) in [6.45, 7) is 0.801. The summed E-state index contributed by atoms with van der Waals surface area (Å²) in [4.78, 5) is 12.2. The third kappa shape index (κ3) is 4.73. The van der Waals surface area contributed by atoms with Crippen LogP contribution in [0.3, 0.4) is 0 Å². The number of amides is 1. The maximum absolute atomic E-state index is 12.2. The first-order chi connectivity index (χ1) is 11.7. The van der Waals surface area contributed by atoms with E-state index in [-0.39, 0.29) is 12.0 Å². The minimum Gasteiger partial charge on any atom is -0.455 e. The molecular formula is C19H20ClNO3. The molecule has 0 aromatic heterocycles. The average molecular weight is 346 g/mol. The minimum atomic E-state index is -0.0642. The molecule has 1 fully saturated rings. The molecule has 2 aromatic carbocycles.